The van der Waals surface area contributed by atoms with Gasteiger partial charge in [0.15, 0.2) is 16.8 Å². The van der Waals surface area contributed by atoms with Crippen LogP contribution in [0.25, 0.3) is 11.0 Å². The lowest BCUT2D eigenvalue weighted by atomic mass is 9.93. The Morgan fingerprint density at radius 1 is 1.06 bits per heavy atom. The smallest absolute Gasteiger partial charge is 0.225 e. The standard InChI is InChI=1S/C24H28F2N6OS/c1-34-24-29-21-12-19(25)20(26)13-22(21)32(24)18-5-10-31(11-6-18)23(33)17-3-8-30(9-4-17)15-16-2-7-27-28-14-16/h2,7,12-14,17-18H,3-6,8-11,15H2,1H3. The molecular formula is C24H28F2N6OS. The average molecular weight is 487 g/mol. The molecule has 1 amide bonds. The van der Waals surface area contributed by atoms with Crippen molar-refractivity contribution in [1.29, 1.82) is 0 Å². The number of piperidine rings is 2. The summed E-state index contributed by atoms with van der Waals surface area (Å²) < 4.78 is 29.7. The van der Waals surface area contributed by atoms with Crippen molar-refractivity contribution in [2.75, 3.05) is 32.4 Å². The number of aromatic nitrogens is 4. The summed E-state index contributed by atoms with van der Waals surface area (Å²) >= 11 is 1.47. The second kappa shape index (κ2) is 9.95. The number of hydrogen-bond acceptors (Lipinski definition) is 6. The highest BCUT2D eigenvalue weighted by atomic mass is 32.2. The van der Waals surface area contributed by atoms with E-state index in [0.717, 1.165) is 62.1 Å². The van der Waals surface area contributed by atoms with Gasteiger partial charge in [-0.1, -0.05) is 11.8 Å². The topological polar surface area (TPSA) is 67.2 Å². The summed E-state index contributed by atoms with van der Waals surface area (Å²) in [4.78, 5) is 22.1. The number of thioether (sulfide) groups is 1. The molecule has 0 saturated carbocycles. The fourth-order valence-corrected chi connectivity index (χ4v) is 5.81. The molecule has 2 aliphatic rings. The van der Waals surface area contributed by atoms with Gasteiger partial charge in [0.25, 0.3) is 0 Å². The molecule has 4 heterocycles. The molecule has 10 heteroatoms. The van der Waals surface area contributed by atoms with Gasteiger partial charge in [0, 0.05) is 49.9 Å². The number of nitrogens with zero attached hydrogens (tertiary/aromatic N) is 6. The number of carbonyl (C=O) groups excluding carboxylic acids is 1. The first kappa shape index (κ1) is 23.2. The lowest BCUT2D eigenvalue weighted by Gasteiger charge is -2.38. The van der Waals surface area contributed by atoms with Crippen LogP contribution in [-0.4, -0.2) is 67.9 Å². The van der Waals surface area contributed by atoms with Crippen molar-refractivity contribution >= 4 is 28.7 Å². The number of imidazole rings is 1. The molecule has 0 aliphatic carbocycles. The zero-order valence-electron chi connectivity index (χ0n) is 19.2. The van der Waals surface area contributed by atoms with Gasteiger partial charge in [-0.15, -0.1) is 0 Å². The third-order valence-electron chi connectivity index (χ3n) is 7.01. The van der Waals surface area contributed by atoms with Crippen LogP contribution in [-0.2, 0) is 11.3 Å². The van der Waals surface area contributed by atoms with E-state index in [9.17, 15) is 13.6 Å². The third kappa shape index (κ3) is 4.65. The van der Waals surface area contributed by atoms with E-state index in [0.29, 0.717) is 24.1 Å². The highest BCUT2D eigenvalue weighted by Crippen LogP contribution is 2.34. The van der Waals surface area contributed by atoms with Crippen molar-refractivity contribution in [3.8, 4) is 0 Å². The van der Waals surface area contributed by atoms with Crippen molar-refractivity contribution in [2.24, 2.45) is 5.92 Å². The highest BCUT2D eigenvalue weighted by molar-refractivity contribution is 7.98. The summed E-state index contributed by atoms with van der Waals surface area (Å²) in [6.45, 7) is 3.97. The largest absolute Gasteiger partial charge is 0.342 e. The van der Waals surface area contributed by atoms with Gasteiger partial charge in [0.1, 0.15) is 0 Å². The van der Waals surface area contributed by atoms with Crippen LogP contribution < -0.4 is 0 Å². The van der Waals surface area contributed by atoms with E-state index in [1.165, 1.54) is 17.8 Å². The van der Waals surface area contributed by atoms with Crippen LogP contribution in [0.3, 0.4) is 0 Å². The Bertz CT molecular complexity index is 1160. The molecule has 2 aliphatic heterocycles. The summed E-state index contributed by atoms with van der Waals surface area (Å²) in [5, 5.41) is 8.51. The molecule has 34 heavy (non-hydrogen) atoms. The molecule has 0 N–H and O–H groups in total. The van der Waals surface area contributed by atoms with Crippen molar-refractivity contribution < 1.29 is 13.6 Å². The second-order valence-electron chi connectivity index (χ2n) is 9.08. The predicted octanol–water partition coefficient (Wildman–Crippen LogP) is 3.90. The quantitative estimate of drug-likeness (QED) is 0.510. The monoisotopic (exact) mass is 486 g/mol. The molecule has 2 saturated heterocycles. The minimum atomic E-state index is -0.881. The molecule has 5 rings (SSSR count). The zero-order chi connectivity index (χ0) is 23.7. The molecule has 3 aromatic rings. The van der Waals surface area contributed by atoms with Gasteiger partial charge in [-0.3, -0.25) is 9.69 Å². The van der Waals surface area contributed by atoms with Crippen molar-refractivity contribution in [2.45, 2.75) is 43.4 Å². The SMILES string of the molecule is CSc1nc2cc(F)c(F)cc2n1C1CCN(C(=O)C2CCN(Cc3ccnnc3)CC2)CC1. The van der Waals surface area contributed by atoms with Gasteiger partial charge >= 0.3 is 0 Å². The summed E-state index contributed by atoms with van der Waals surface area (Å²) in [5.74, 6) is -1.43. The normalized spacial score (nSPS) is 18.6. The molecule has 2 aromatic heterocycles. The first-order chi connectivity index (χ1) is 16.5. The first-order valence-electron chi connectivity index (χ1n) is 11.7. The number of halogens is 2. The summed E-state index contributed by atoms with van der Waals surface area (Å²) in [7, 11) is 0. The van der Waals surface area contributed by atoms with E-state index in [1.807, 2.05) is 21.8 Å². The van der Waals surface area contributed by atoms with Crippen LogP contribution in [0.1, 0.15) is 37.3 Å². The molecule has 2 fully saturated rings. The second-order valence-corrected chi connectivity index (χ2v) is 9.85. The van der Waals surface area contributed by atoms with E-state index < -0.39 is 11.6 Å². The van der Waals surface area contributed by atoms with Crippen molar-refractivity contribution in [3.63, 3.8) is 0 Å². The Balaban J connectivity index is 1.19. The Morgan fingerprint density at radius 2 is 1.79 bits per heavy atom. The molecule has 0 radical (unpaired) electrons. The maximum atomic E-state index is 13.9. The molecule has 7 nitrogen and oxygen atoms in total. The summed E-state index contributed by atoms with van der Waals surface area (Å²) in [6, 6.07) is 4.49. The van der Waals surface area contributed by atoms with Crippen LogP contribution in [0, 0.1) is 17.6 Å². The van der Waals surface area contributed by atoms with E-state index in [2.05, 4.69) is 20.1 Å². The summed E-state index contributed by atoms with van der Waals surface area (Å²) in [5.41, 5.74) is 2.22. The van der Waals surface area contributed by atoms with Gasteiger partial charge in [-0.25, -0.2) is 13.8 Å². The molecule has 0 spiro atoms. The lowest BCUT2D eigenvalue weighted by molar-refractivity contribution is -0.138. The molecule has 1 aromatic carbocycles. The molecule has 0 bridgehead atoms. The zero-order valence-corrected chi connectivity index (χ0v) is 20.0. The fraction of sp³-hybridized carbons (Fsp3) is 0.500. The minimum Gasteiger partial charge on any atom is -0.342 e. The van der Waals surface area contributed by atoms with E-state index in [1.54, 1.807) is 12.4 Å². The van der Waals surface area contributed by atoms with Gasteiger partial charge in [0.05, 0.1) is 17.2 Å². The molecule has 0 atom stereocenters. The minimum absolute atomic E-state index is 0.0660. The van der Waals surface area contributed by atoms with Gasteiger partial charge in [-0.05, 0) is 56.7 Å². The number of rotatable bonds is 5. The van der Waals surface area contributed by atoms with Crippen LogP contribution in [0.2, 0.25) is 0 Å². The van der Waals surface area contributed by atoms with E-state index in [4.69, 9.17) is 0 Å². The predicted molar refractivity (Wildman–Crippen MR) is 126 cm³/mol. The Kier molecular flexibility index (Phi) is 6.78. The Hall–Kier alpha value is -2.59. The number of amides is 1. The number of carbonyl (C=O) groups is 1. The maximum absolute atomic E-state index is 13.9. The van der Waals surface area contributed by atoms with Gasteiger partial charge in [0.2, 0.25) is 5.91 Å². The number of benzene rings is 1. The van der Waals surface area contributed by atoms with Crippen LogP contribution in [0.5, 0.6) is 0 Å². The van der Waals surface area contributed by atoms with Gasteiger partial charge < -0.3 is 9.47 Å². The number of hydrogen-bond donors (Lipinski definition) is 0. The Labute approximate surface area is 201 Å². The maximum Gasteiger partial charge on any atom is 0.225 e. The van der Waals surface area contributed by atoms with E-state index >= 15 is 0 Å². The first-order valence-corrected chi connectivity index (χ1v) is 12.9. The van der Waals surface area contributed by atoms with Crippen LogP contribution in [0.15, 0.2) is 35.7 Å². The average Bonchev–Trinajstić information content (AvgIpc) is 3.22. The summed E-state index contributed by atoms with van der Waals surface area (Å²) in [6.07, 6.45) is 8.70. The van der Waals surface area contributed by atoms with Gasteiger partial charge in [-0.2, -0.15) is 10.2 Å². The molecular weight excluding hydrogens is 458 g/mol. The Morgan fingerprint density at radius 3 is 2.47 bits per heavy atom. The number of likely N-dealkylation sites (tertiary alicyclic amines) is 2. The van der Waals surface area contributed by atoms with Crippen molar-refractivity contribution in [3.05, 3.63) is 47.8 Å². The third-order valence-corrected chi connectivity index (χ3v) is 7.66. The highest BCUT2D eigenvalue weighted by Gasteiger charge is 2.32. The number of fused-ring (bicyclic) bond motifs is 1. The van der Waals surface area contributed by atoms with E-state index in [-0.39, 0.29) is 17.9 Å². The fourth-order valence-electron chi connectivity index (χ4n) is 5.18. The molecule has 0 unspecified atom stereocenters. The van der Waals surface area contributed by atoms with Crippen LogP contribution in [0.4, 0.5) is 8.78 Å². The lowest BCUT2D eigenvalue weighted by Crippen LogP contribution is -2.45. The van der Waals surface area contributed by atoms with Crippen LogP contribution >= 0.6 is 11.8 Å². The van der Waals surface area contributed by atoms with Crippen molar-refractivity contribution in [1.82, 2.24) is 29.5 Å². The molecule has 180 valence electrons.